The minimum Gasteiger partial charge on any atom is -0.508 e. The highest BCUT2D eigenvalue weighted by molar-refractivity contribution is 9.10. The Balaban J connectivity index is 1.26. The van der Waals surface area contributed by atoms with Crippen molar-refractivity contribution < 1.29 is 23.1 Å². The second-order valence-corrected chi connectivity index (χ2v) is 12.8. The molecule has 2 aromatic carbocycles. The molecule has 10 nitrogen and oxygen atoms in total. The van der Waals surface area contributed by atoms with E-state index in [1.54, 1.807) is 51.6 Å². The molecule has 2 unspecified atom stereocenters. The van der Waals surface area contributed by atoms with Gasteiger partial charge in [0.15, 0.2) is 0 Å². The van der Waals surface area contributed by atoms with Crippen molar-refractivity contribution in [3.8, 4) is 5.75 Å². The van der Waals surface area contributed by atoms with E-state index >= 15 is 0 Å². The number of carbonyl (C=O) groups is 1. The Kier molecular flexibility index (Phi) is 8.48. The lowest BCUT2D eigenvalue weighted by molar-refractivity contribution is -0.140. The van der Waals surface area contributed by atoms with E-state index in [4.69, 9.17) is 0 Å². The summed E-state index contributed by atoms with van der Waals surface area (Å²) in [6.07, 6.45) is 6.09. The standard InChI is InChI=1S/C28H32BrN5O5S/c1-39-27(36)13-10-19-8-11-21(12-9-19)40(37,38)33-14-4-5-20(18-33)16-30-26-15-24(22-6-2-3-7-25(22)35)32-28-23(29)17-31-34(26)28/h2-3,6-9,11-12,15,17,20,24,30,32,35H,4-5,10,13-14,16,18H2,1H3. The van der Waals surface area contributed by atoms with Crippen LogP contribution in [-0.4, -0.2) is 60.3 Å². The largest absolute Gasteiger partial charge is 0.508 e. The van der Waals surface area contributed by atoms with Gasteiger partial charge in [0.1, 0.15) is 17.4 Å². The van der Waals surface area contributed by atoms with Crippen molar-refractivity contribution in [1.29, 1.82) is 0 Å². The van der Waals surface area contributed by atoms with Gasteiger partial charge in [-0.05, 0) is 70.9 Å². The zero-order valence-electron chi connectivity index (χ0n) is 22.1. The van der Waals surface area contributed by atoms with Crippen LogP contribution < -0.4 is 10.6 Å². The monoisotopic (exact) mass is 629 g/mol. The minimum absolute atomic E-state index is 0.102. The summed E-state index contributed by atoms with van der Waals surface area (Å²) in [6.45, 7) is 1.44. The number of fused-ring (bicyclic) bond motifs is 1. The van der Waals surface area contributed by atoms with Gasteiger partial charge in [-0.3, -0.25) is 4.79 Å². The molecule has 0 amide bonds. The number of nitrogens with zero attached hydrogens (tertiary/aromatic N) is 3. The van der Waals surface area contributed by atoms with Gasteiger partial charge in [-0.2, -0.15) is 9.40 Å². The quantitative estimate of drug-likeness (QED) is 0.302. The Morgan fingerprint density at radius 1 is 1.23 bits per heavy atom. The van der Waals surface area contributed by atoms with Crippen LogP contribution in [0, 0.1) is 5.92 Å². The zero-order chi connectivity index (χ0) is 28.3. The van der Waals surface area contributed by atoms with Crippen molar-refractivity contribution in [2.45, 2.75) is 36.6 Å². The summed E-state index contributed by atoms with van der Waals surface area (Å²) in [6, 6.07) is 13.6. The minimum atomic E-state index is -3.65. The Bertz CT molecular complexity index is 1510. The highest BCUT2D eigenvalue weighted by atomic mass is 79.9. The maximum Gasteiger partial charge on any atom is 0.305 e. The third-order valence-electron chi connectivity index (χ3n) is 7.30. The van der Waals surface area contributed by atoms with Gasteiger partial charge in [0.25, 0.3) is 0 Å². The lowest BCUT2D eigenvalue weighted by atomic mass is 9.99. The number of benzene rings is 2. The summed E-state index contributed by atoms with van der Waals surface area (Å²) in [7, 11) is -2.30. The second kappa shape index (κ2) is 12.0. The smallest absolute Gasteiger partial charge is 0.305 e. The Hall–Kier alpha value is -3.35. The maximum atomic E-state index is 13.4. The van der Waals surface area contributed by atoms with Crippen LogP contribution in [0.3, 0.4) is 0 Å². The number of esters is 1. The van der Waals surface area contributed by atoms with Gasteiger partial charge >= 0.3 is 5.97 Å². The van der Waals surface area contributed by atoms with Crippen molar-refractivity contribution in [1.82, 2.24) is 19.4 Å². The lowest BCUT2D eigenvalue weighted by Crippen LogP contribution is -2.43. The van der Waals surface area contributed by atoms with Gasteiger partial charge in [-0.15, -0.1) is 0 Å². The Morgan fingerprint density at radius 3 is 2.75 bits per heavy atom. The van der Waals surface area contributed by atoms with Crippen LogP contribution in [0.25, 0.3) is 5.82 Å². The lowest BCUT2D eigenvalue weighted by Gasteiger charge is -2.33. The van der Waals surface area contributed by atoms with Gasteiger partial charge in [0.2, 0.25) is 10.0 Å². The van der Waals surface area contributed by atoms with Gasteiger partial charge < -0.3 is 20.5 Å². The number of aromatic nitrogens is 2. The molecule has 3 aromatic rings. The van der Waals surface area contributed by atoms with Gasteiger partial charge in [0, 0.05) is 31.6 Å². The third kappa shape index (κ3) is 6.03. The molecule has 40 heavy (non-hydrogen) atoms. The molecule has 3 heterocycles. The van der Waals surface area contributed by atoms with E-state index in [9.17, 15) is 18.3 Å². The van der Waals surface area contributed by atoms with Crippen LogP contribution in [0.4, 0.5) is 5.82 Å². The second-order valence-electron chi connectivity index (χ2n) is 9.96. The number of aryl methyl sites for hydroxylation is 1. The van der Waals surface area contributed by atoms with Crippen LogP contribution in [-0.2, 0) is 26.0 Å². The predicted molar refractivity (Wildman–Crippen MR) is 155 cm³/mol. The summed E-state index contributed by atoms with van der Waals surface area (Å²) in [5.41, 5.74) is 1.62. The van der Waals surface area contributed by atoms with Gasteiger partial charge in [0.05, 0.1) is 28.7 Å². The fraction of sp³-hybridized carbons (Fsp3) is 0.357. The van der Waals surface area contributed by atoms with E-state index in [0.717, 1.165) is 40.1 Å². The number of piperidine rings is 1. The number of phenolic OH excluding ortho intramolecular Hbond substituents is 1. The van der Waals surface area contributed by atoms with Crippen LogP contribution >= 0.6 is 15.9 Å². The summed E-state index contributed by atoms with van der Waals surface area (Å²) in [4.78, 5) is 11.7. The van der Waals surface area contributed by atoms with E-state index < -0.39 is 10.0 Å². The molecule has 2 aliphatic heterocycles. The first-order chi connectivity index (χ1) is 19.3. The van der Waals surface area contributed by atoms with E-state index in [2.05, 4.69) is 36.4 Å². The number of rotatable bonds is 9. The molecular formula is C28H32BrN5O5S. The molecule has 1 aromatic heterocycles. The number of methoxy groups -OCH3 is 1. The maximum absolute atomic E-state index is 13.4. The number of nitrogens with one attached hydrogen (secondary N) is 2. The van der Waals surface area contributed by atoms with Crippen molar-refractivity contribution in [3.05, 3.63) is 76.4 Å². The molecule has 212 valence electrons. The molecule has 0 radical (unpaired) electrons. The number of phenols is 1. The van der Waals surface area contributed by atoms with Crippen LogP contribution in [0.15, 0.2) is 70.2 Å². The molecule has 5 rings (SSSR count). The fourth-order valence-electron chi connectivity index (χ4n) is 5.10. The van der Waals surface area contributed by atoms with E-state index in [1.807, 2.05) is 18.2 Å². The van der Waals surface area contributed by atoms with E-state index in [1.165, 1.54) is 7.11 Å². The number of hydrogen-bond donors (Lipinski definition) is 3. The van der Waals surface area contributed by atoms with Crippen molar-refractivity contribution in [2.24, 2.45) is 5.92 Å². The molecule has 0 aliphatic carbocycles. The Morgan fingerprint density at radius 2 is 2.00 bits per heavy atom. The normalized spacial score (nSPS) is 19.3. The fourth-order valence-corrected chi connectivity index (χ4v) is 7.03. The average molecular weight is 631 g/mol. The van der Waals surface area contributed by atoms with Crippen molar-refractivity contribution >= 4 is 43.6 Å². The third-order valence-corrected chi connectivity index (χ3v) is 9.76. The number of anilines is 1. The predicted octanol–water partition coefficient (Wildman–Crippen LogP) is 4.11. The SMILES string of the molecule is COC(=O)CCc1ccc(S(=O)(=O)N2CCCC(CNC3=CC(c4ccccc4O)Nc4c(Br)cnn43)C2)cc1. The summed E-state index contributed by atoms with van der Waals surface area (Å²) < 4.78 is 35.7. The van der Waals surface area contributed by atoms with Crippen molar-refractivity contribution in [2.75, 3.05) is 32.1 Å². The van der Waals surface area contributed by atoms with Crippen LogP contribution in [0.1, 0.15) is 36.4 Å². The number of aromatic hydroxyl groups is 1. The molecule has 2 atom stereocenters. The number of halogens is 1. The molecule has 1 fully saturated rings. The molecule has 12 heteroatoms. The number of ether oxygens (including phenoxy) is 1. The average Bonchev–Trinajstić information content (AvgIpc) is 3.35. The van der Waals surface area contributed by atoms with Crippen LogP contribution in [0.2, 0.25) is 0 Å². The molecule has 1 saturated heterocycles. The first kappa shape index (κ1) is 28.2. The van der Waals surface area contributed by atoms with Gasteiger partial charge in [-0.25, -0.2) is 13.1 Å². The number of para-hydroxylation sites is 1. The molecular weight excluding hydrogens is 598 g/mol. The summed E-state index contributed by atoms with van der Waals surface area (Å²) in [5, 5.41) is 21.8. The molecule has 0 saturated carbocycles. The van der Waals surface area contributed by atoms with Gasteiger partial charge in [-0.1, -0.05) is 30.3 Å². The van der Waals surface area contributed by atoms with E-state index in [-0.39, 0.29) is 35.0 Å². The number of hydrogen-bond acceptors (Lipinski definition) is 8. The molecule has 3 N–H and O–H groups in total. The Labute approximate surface area is 242 Å². The summed E-state index contributed by atoms with van der Waals surface area (Å²) >= 11 is 3.54. The van der Waals surface area contributed by atoms with E-state index in [0.29, 0.717) is 26.1 Å². The number of carbonyl (C=O) groups excluding carboxylic acids is 1. The summed E-state index contributed by atoms with van der Waals surface area (Å²) in [5.74, 6) is 1.53. The molecule has 0 bridgehead atoms. The zero-order valence-corrected chi connectivity index (χ0v) is 24.5. The highest BCUT2D eigenvalue weighted by Crippen LogP contribution is 2.36. The topological polar surface area (TPSA) is 126 Å². The first-order valence-corrected chi connectivity index (χ1v) is 15.4. The highest BCUT2D eigenvalue weighted by Gasteiger charge is 2.31. The molecule has 0 spiro atoms. The number of sulfonamides is 1. The van der Waals surface area contributed by atoms with Crippen molar-refractivity contribution in [3.63, 3.8) is 0 Å². The molecule has 2 aliphatic rings. The van der Waals surface area contributed by atoms with Crippen LogP contribution in [0.5, 0.6) is 5.75 Å². The first-order valence-electron chi connectivity index (χ1n) is 13.2.